The smallest absolute Gasteiger partial charge is 0.242 e. The normalized spacial score (nSPS) is 19.7. The maximum absolute atomic E-state index is 12.2. The predicted octanol–water partition coefficient (Wildman–Crippen LogP) is 0.285. The van der Waals surface area contributed by atoms with Crippen molar-refractivity contribution in [2.75, 3.05) is 13.1 Å². The summed E-state index contributed by atoms with van der Waals surface area (Å²) in [6, 6.07) is -0.398. The first-order valence-corrected chi connectivity index (χ1v) is 7.01. The Labute approximate surface area is 114 Å². The van der Waals surface area contributed by atoms with Gasteiger partial charge in [-0.15, -0.1) is 11.3 Å². The molecule has 0 saturated carbocycles. The standard InChI is InChI=1S/C12H14N4O2S/c1-8-11(18)13-2-3-16(8)10(17)6-9-7-15-4-5-19-12(15)14-9/h4-5,7-8H,2-3,6H2,1H3,(H,13,18). The van der Waals surface area contributed by atoms with Crippen LogP contribution in [0.3, 0.4) is 0 Å². The Morgan fingerprint density at radius 1 is 1.63 bits per heavy atom. The molecule has 100 valence electrons. The number of fused-ring (bicyclic) bond motifs is 1. The molecule has 1 aliphatic rings. The minimum atomic E-state index is -0.398. The predicted molar refractivity (Wildman–Crippen MR) is 71.0 cm³/mol. The second-order valence-corrected chi connectivity index (χ2v) is 5.43. The number of piperazine rings is 1. The summed E-state index contributed by atoms with van der Waals surface area (Å²) in [7, 11) is 0. The zero-order chi connectivity index (χ0) is 13.4. The van der Waals surface area contributed by atoms with Gasteiger partial charge in [-0.25, -0.2) is 4.98 Å². The summed E-state index contributed by atoms with van der Waals surface area (Å²) >= 11 is 1.53. The summed E-state index contributed by atoms with van der Waals surface area (Å²) in [5.41, 5.74) is 0.745. The van der Waals surface area contributed by atoms with E-state index in [9.17, 15) is 9.59 Å². The van der Waals surface area contributed by atoms with Crippen molar-refractivity contribution in [3.63, 3.8) is 0 Å². The first-order chi connectivity index (χ1) is 9.15. The number of nitrogens with one attached hydrogen (secondary N) is 1. The number of hydrogen-bond donors (Lipinski definition) is 1. The van der Waals surface area contributed by atoms with Crippen LogP contribution >= 0.6 is 11.3 Å². The number of imidazole rings is 1. The van der Waals surface area contributed by atoms with E-state index in [2.05, 4.69) is 10.3 Å². The fourth-order valence-corrected chi connectivity index (χ4v) is 2.96. The molecule has 0 radical (unpaired) electrons. The molecule has 0 bridgehead atoms. The number of rotatable bonds is 2. The monoisotopic (exact) mass is 278 g/mol. The fraction of sp³-hybridized carbons (Fsp3) is 0.417. The third kappa shape index (κ3) is 2.21. The van der Waals surface area contributed by atoms with Gasteiger partial charge in [0.15, 0.2) is 4.96 Å². The molecular weight excluding hydrogens is 264 g/mol. The number of thiazole rings is 1. The van der Waals surface area contributed by atoms with Gasteiger partial charge < -0.3 is 10.2 Å². The quantitative estimate of drug-likeness (QED) is 0.858. The molecule has 1 unspecified atom stereocenters. The van der Waals surface area contributed by atoms with Crippen molar-refractivity contribution in [2.45, 2.75) is 19.4 Å². The maximum atomic E-state index is 12.2. The van der Waals surface area contributed by atoms with E-state index in [4.69, 9.17) is 0 Å². The summed E-state index contributed by atoms with van der Waals surface area (Å²) in [6.07, 6.45) is 4.02. The van der Waals surface area contributed by atoms with Gasteiger partial charge >= 0.3 is 0 Å². The fourth-order valence-electron chi connectivity index (χ4n) is 2.24. The zero-order valence-corrected chi connectivity index (χ0v) is 11.3. The Morgan fingerprint density at radius 2 is 2.47 bits per heavy atom. The minimum absolute atomic E-state index is 0.0481. The Bertz CT molecular complexity index is 604. The summed E-state index contributed by atoms with van der Waals surface area (Å²) in [5.74, 6) is -0.140. The summed E-state index contributed by atoms with van der Waals surface area (Å²) in [4.78, 5) is 30.6. The van der Waals surface area contributed by atoms with Gasteiger partial charge in [0.1, 0.15) is 6.04 Å². The van der Waals surface area contributed by atoms with Crippen LogP contribution in [0.4, 0.5) is 0 Å². The molecule has 19 heavy (non-hydrogen) atoms. The van der Waals surface area contributed by atoms with E-state index in [1.165, 1.54) is 11.3 Å². The number of aromatic nitrogens is 2. The van der Waals surface area contributed by atoms with E-state index in [0.29, 0.717) is 13.1 Å². The highest BCUT2D eigenvalue weighted by atomic mass is 32.1. The Hall–Kier alpha value is -1.89. The molecule has 2 aromatic rings. The van der Waals surface area contributed by atoms with E-state index in [1.54, 1.807) is 11.8 Å². The van der Waals surface area contributed by atoms with Crippen LogP contribution in [0.25, 0.3) is 4.96 Å². The lowest BCUT2D eigenvalue weighted by atomic mass is 10.2. The molecule has 1 fully saturated rings. The van der Waals surface area contributed by atoms with Crippen LogP contribution in [-0.4, -0.2) is 45.2 Å². The number of amides is 2. The van der Waals surface area contributed by atoms with Gasteiger partial charge in [0, 0.05) is 30.9 Å². The number of hydrogen-bond acceptors (Lipinski definition) is 4. The molecule has 7 heteroatoms. The van der Waals surface area contributed by atoms with Gasteiger partial charge in [0.2, 0.25) is 11.8 Å². The molecule has 0 aliphatic carbocycles. The molecule has 1 aliphatic heterocycles. The number of carbonyl (C=O) groups is 2. The van der Waals surface area contributed by atoms with E-state index >= 15 is 0 Å². The van der Waals surface area contributed by atoms with Gasteiger partial charge in [0.05, 0.1) is 12.1 Å². The van der Waals surface area contributed by atoms with E-state index < -0.39 is 6.04 Å². The van der Waals surface area contributed by atoms with Crippen LogP contribution in [0.5, 0.6) is 0 Å². The summed E-state index contributed by atoms with van der Waals surface area (Å²) in [5, 5.41) is 4.70. The SMILES string of the molecule is CC1C(=O)NCCN1C(=O)Cc1cn2ccsc2n1. The number of nitrogens with zero attached hydrogens (tertiary/aromatic N) is 3. The van der Waals surface area contributed by atoms with Crippen LogP contribution in [0.15, 0.2) is 17.8 Å². The second kappa shape index (κ2) is 4.65. The molecule has 1 saturated heterocycles. The van der Waals surface area contributed by atoms with Crippen LogP contribution in [0.2, 0.25) is 0 Å². The molecule has 3 heterocycles. The third-order valence-corrected chi connectivity index (χ3v) is 4.07. The molecule has 2 amide bonds. The lowest BCUT2D eigenvalue weighted by Gasteiger charge is -2.32. The van der Waals surface area contributed by atoms with Crippen molar-refractivity contribution in [1.29, 1.82) is 0 Å². The third-order valence-electron chi connectivity index (χ3n) is 3.29. The van der Waals surface area contributed by atoms with Crippen molar-refractivity contribution in [1.82, 2.24) is 19.6 Å². The van der Waals surface area contributed by atoms with Crippen molar-refractivity contribution >= 4 is 28.1 Å². The van der Waals surface area contributed by atoms with Crippen LogP contribution in [0, 0.1) is 0 Å². The average molecular weight is 278 g/mol. The van der Waals surface area contributed by atoms with Crippen molar-refractivity contribution < 1.29 is 9.59 Å². The van der Waals surface area contributed by atoms with E-state index in [0.717, 1.165) is 10.7 Å². The zero-order valence-electron chi connectivity index (χ0n) is 10.5. The first-order valence-electron chi connectivity index (χ1n) is 6.13. The molecule has 1 N–H and O–H groups in total. The van der Waals surface area contributed by atoms with E-state index in [-0.39, 0.29) is 18.2 Å². The van der Waals surface area contributed by atoms with Crippen molar-refractivity contribution in [2.24, 2.45) is 0 Å². The van der Waals surface area contributed by atoms with Gasteiger partial charge in [0.25, 0.3) is 0 Å². The van der Waals surface area contributed by atoms with E-state index in [1.807, 2.05) is 22.2 Å². The topological polar surface area (TPSA) is 66.7 Å². The van der Waals surface area contributed by atoms with Gasteiger partial charge in [-0.05, 0) is 6.92 Å². The Morgan fingerprint density at radius 3 is 3.26 bits per heavy atom. The summed E-state index contributed by atoms with van der Waals surface area (Å²) in [6.45, 7) is 2.83. The van der Waals surface area contributed by atoms with Crippen LogP contribution < -0.4 is 5.32 Å². The van der Waals surface area contributed by atoms with Gasteiger partial charge in [-0.2, -0.15) is 0 Å². The largest absolute Gasteiger partial charge is 0.353 e. The molecule has 0 spiro atoms. The van der Waals surface area contributed by atoms with Crippen molar-refractivity contribution in [3.8, 4) is 0 Å². The highest BCUT2D eigenvalue weighted by molar-refractivity contribution is 7.15. The Balaban J connectivity index is 1.73. The number of carbonyl (C=O) groups excluding carboxylic acids is 2. The van der Waals surface area contributed by atoms with Crippen LogP contribution in [-0.2, 0) is 16.0 Å². The molecule has 2 aromatic heterocycles. The Kier molecular flexibility index (Phi) is 2.98. The highest BCUT2D eigenvalue weighted by Gasteiger charge is 2.29. The van der Waals surface area contributed by atoms with Crippen LogP contribution in [0.1, 0.15) is 12.6 Å². The van der Waals surface area contributed by atoms with Gasteiger partial charge in [-0.1, -0.05) is 0 Å². The highest BCUT2D eigenvalue weighted by Crippen LogP contribution is 2.13. The van der Waals surface area contributed by atoms with Crippen molar-refractivity contribution in [3.05, 3.63) is 23.5 Å². The molecular formula is C12H14N4O2S. The first kappa shape index (κ1) is 12.2. The maximum Gasteiger partial charge on any atom is 0.242 e. The average Bonchev–Trinajstić information content (AvgIpc) is 2.93. The summed E-state index contributed by atoms with van der Waals surface area (Å²) < 4.78 is 1.90. The minimum Gasteiger partial charge on any atom is -0.353 e. The van der Waals surface area contributed by atoms with Gasteiger partial charge in [-0.3, -0.25) is 14.0 Å². The molecule has 0 aromatic carbocycles. The molecule has 1 atom stereocenters. The lowest BCUT2D eigenvalue weighted by Crippen LogP contribution is -2.56. The molecule has 6 nitrogen and oxygen atoms in total. The lowest BCUT2D eigenvalue weighted by molar-refractivity contribution is -0.142. The molecule has 3 rings (SSSR count). The second-order valence-electron chi connectivity index (χ2n) is 4.56.